The van der Waals surface area contributed by atoms with Crippen molar-refractivity contribution in [3.05, 3.63) is 28.8 Å². The van der Waals surface area contributed by atoms with E-state index >= 15 is 0 Å². The number of nitrogens with zero attached hydrogens (tertiary/aromatic N) is 2. The molecule has 0 radical (unpaired) electrons. The molecule has 26 heavy (non-hydrogen) atoms. The molecule has 0 unspecified atom stereocenters. The number of aryl methyl sites for hydroxylation is 1. The topological polar surface area (TPSA) is 35.6 Å². The summed E-state index contributed by atoms with van der Waals surface area (Å²) in [7, 11) is 0. The van der Waals surface area contributed by atoms with Crippen LogP contribution >= 0.6 is 11.6 Å². The summed E-state index contributed by atoms with van der Waals surface area (Å²) in [6.07, 6.45) is 4.07. The Hall–Kier alpha value is -1.26. The number of rotatable bonds is 4. The van der Waals surface area contributed by atoms with Gasteiger partial charge >= 0.3 is 0 Å². The van der Waals surface area contributed by atoms with Crippen LogP contribution in [0.3, 0.4) is 0 Å². The van der Waals surface area contributed by atoms with Gasteiger partial charge in [-0.05, 0) is 64.2 Å². The number of amides is 1. The van der Waals surface area contributed by atoms with Gasteiger partial charge in [-0.1, -0.05) is 17.7 Å². The fourth-order valence-corrected chi connectivity index (χ4v) is 4.30. The number of nitrogens with one attached hydrogen (secondary N) is 1. The molecular weight excluding hydrogens is 346 g/mol. The highest BCUT2D eigenvalue weighted by Crippen LogP contribution is 2.29. The molecule has 1 aromatic carbocycles. The van der Waals surface area contributed by atoms with Gasteiger partial charge in [0.15, 0.2) is 0 Å². The lowest BCUT2D eigenvalue weighted by Gasteiger charge is -2.39. The number of anilines is 1. The fraction of sp³-hybridized carbons (Fsp3) is 0.667. The summed E-state index contributed by atoms with van der Waals surface area (Å²) in [4.78, 5) is 17.4. The molecule has 2 aliphatic rings. The molecule has 1 aliphatic carbocycles. The number of carbonyl (C=O) groups excluding carboxylic acids is 1. The second-order valence-electron chi connectivity index (χ2n) is 8.11. The van der Waals surface area contributed by atoms with Crippen LogP contribution < -0.4 is 5.32 Å². The van der Waals surface area contributed by atoms with Crippen LogP contribution in [0.4, 0.5) is 5.69 Å². The van der Waals surface area contributed by atoms with Crippen LogP contribution in [0.5, 0.6) is 0 Å². The molecule has 1 amide bonds. The molecule has 144 valence electrons. The Labute approximate surface area is 162 Å². The Bertz CT molecular complexity index is 618. The molecule has 0 aromatic heterocycles. The van der Waals surface area contributed by atoms with Crippen LogP contribution in [0.25, 0.3) is 0 Å². The number of halogens is 1. The number of hydrogen-bond donors (Lipinski definition) is 1. The van der Waals surface area contributed by atoms with Crippen molar-refractivity contribution in [2.75, 3.05) is 31.5 Å². The Morgan fingerprint density at radius 2 is 1.77 bits per heavy atom. The van der Waals surface area contributed by atoms with Crippen molar-refractivity contribution in [2.45, 2.75) is 58.5 Å². The molecule has 1 saturated heterocycles. The molecule has 4 nitrogen and oxygen atoms in total. The van der Waals surface area contributed by atoms with Crippen molar-refractivity contribution >= 4 is 23.2 Å². The van der Waals surface area contributed by atoms with Crippen molar-refractivity contribution in [1.29, 1.82) is 0 Å². The molecule has 0 bridgehead atoms. The molecule has 2 fully saturated rings. The minimum absolute atomic E-state index is 0.209. The summed E-state index contributed by atoms with van der Waals surface area (Å²) in [5.41, 5.74) is 2.18. The van der Waals surface area contributed by atoms with Crippen molar-refractivity contribution in [2.24, 2.45) is 5.92 Å². The number of hydrogen-bond acceptors (Lipinski definition) is 3. The molecule has 1 aromatic rings. The Morgan fingerprint density at radius 1 is 1.12 bits per heavy atom. The maximum atomic E-state index is 12.8. The van der Waals surface area contributed by atoms with Crippen LogP contribution in [0.2, 0.25) is 5.02 Å². The molecular formula is C21H32ClN3O. The normalized spacial score (nSPS) is 24.7. The lowest BCUT2D eigenvalue weighted by atomic mass is 9.85. The van der Waals surface area contributed by atoms with Crippen molar-refractivity contribution in [3.63, 3.8) is 0 Å². The van der Waals surface area contributed by atoms with Gasteiger partial charge in [-0.15, -0.1) is 0 Å². The van der Waals surface area contributed by atoms with Crippen LogP contribution in [0.15, 0.2) is 18.2 Å². The average molecular weight is 378 g/mol. The second kappa shape index (κ2) is 8.62. The van der Waals surface area contributed by atoms with E-state index in [2.05, 4.69) is 41.1 Å². The zero-order valence-electron chi connectivity index (χ0n) is 16.3. The third-order valence-electron chi connectivity index (χ3n) is 5.98. The number of carbonyl (C=O) groups is 1. The van der Waals surface area contributed by atoms with E-state index in [1.165, 1.54) is 0 Å². The maximum Gasteiger partial charge on any atom is 0.225 e. The Balaban J connectivity index is 1.46. The van der Waals surface area contributed by atoms with Gasteiger partial charge < -0.3 is 10.2 Å². The molecule has 1 heterocycles. The minimum atomic E-state index is 0.209. The lowest BCUT2D eigenvalue weighted by Crippen LogP contribution is -2.52. The third-order valence-corrected chi connectivity index (χ3v) is 6.38. The molecule has 0 atom stereocenters. The van der Waals surface area contributed by atoms with Gasteiger partial charge in [-0.25, -0.2) is 0 Å². The summed E-state index contributed by atoms with van der Waals surface area (Å²) in [6.45, 7) is 10.3. The Kier molecular flexibility index (Phi) is 6.46. The minimum Gasteiger partial charge on any atom is -0.382 e. The summed E-state index contributed by atoms with van der Waals surface area (Å²) in [5, 5.41) is 4.40. The van der Waals surface area contributed by atoms with Gasteiger partial charge in [0, 0.05) is 54.9 Å². The predicted molar refractivity (Wildman–Crippen MR) is 109 cm³/mol. The van der Waals surface area contributed by atoms with E-state index in [0.29, 0.717) is 18.0 Å². The highest BCUT2D eigenvalue weighted by Gasteiger charge is 2.31. The number of benzene rings is 1. The maximum absolute atomic E-state index is 12.8. The van der Waals surface area contributed by atoms with Gasteiger partial charge in [0.1, 0.15) is 0 Å². The monoisotopic (exact) mass is 377 g/mol. The zero-order chi connectivity index (χ0) is 18.7. The number of piperazine rings is 1. The fourth-order valence-electron chi connectivity index (χ4n) is 4.12. The van der Waals surface area contributed by atoms with Crippen LogP contribution in [-0.4, -0.2) is 54.0 Å². The third kappa shape index (κ3) is 4.72. The Morgan fingerprint density at radius 3 is 2.35 bits per heavy atom. The largest absolute Gasteiger partial charge is 0.382 e. The second-order valence-corrected chi connectivity index (χ2v) is 8.52. The molecule has 3 rings (SSSR count). The SMILES string of the molecule is Cc1ccc(N[C@H]2CC[C@@H](C(=O)N3CCN(C(C)C)CC3)CC2)cc1Cl. The summed E-state index contributed by atoms with van der Waals surface area (Å²) in [5.74, 6) is 0.588. The molecule has 5 heteroatoms. The van der Waals surface area contributed by atoms with Crippen LogP contribution in [0, 0.1) is 12.8 Å². The van der Waals surface area contributed by atoms with Gasteiger partial charge in [0.2, 0.25) is 5.91 Å². The van der Waals surface area contributed by atoms with E-state index in [1.807, 2.05) is 13.0 Å². The first-order chi connectivity index (χ1) is 12.4. The van der Waals surface area contributed by atoms with Gasteiger partial charge in [0.25, 0.3) is 0 Å². The van der Waals surface area contributed by atoms with E-state index in [9.17, 15) is 4.79 Å². The summed E-state index contributed by atoms with van der Waals surface area (Å²) >= 11 is 6.22. The quantitative estimate of drug-likeness (QED) is 0.855. The first-order valence-electron chi connectivity index (χ1n) is 9.99. The van der Waals surface area contributed by atoms with E-state index in [1.54, 1.807) is 0 Å². The summed E-state index contributed by atoms with van der Waals surface area (Å²) in [6, 6.07) is 7.16. The van der Waals surface area contributed by atoms with Gasteiger partial charge in [-0.2, -0.15) is 0 Å². The standard InChI is InChI=1S/C21H32ClN3O/c1-15(2)24-10-12-25(13-11-24)21(26)17-5-8-18(9-6-17)23-19-7-4-16(3)20(22)14-19/h4,7,14-15,17-18,23H,5-6,8-13H2,1-3H3/t17-,18+. The van der Waals surface area contributed by atoms with Gasteiger partial charge in [0.05, 0.1) is 0 Å². The molecule has 0 spiro atoms. The zero-order valence-corrected chi connectivity index (χ0v) is 17.1. The van der Waals surface area contributed by atoms with Crippen molar-refractivity contribution in [3.8, 4) is 0 Å². The highest BCUT2D eigenvalue weighted by atomic mass is 35.5. The van der Waals surface area contributed by atoms with Gasteiger partial charge in [-0.3, -0.25) is 9.69 Å². The van der Waals surface area contributed by atoms with Crippen molar-refractivity contribution in [1.82, 2.24) is 9.80 Å². The van der Waals surface area contributed by atoms with E-state index < -0.39 is 0 Å². The van der Waals surface area contributed by atoms with Crippen LogP contribution in [0.1, 0.15) is 45.1 Å². The highest BCUT2D eigenvalue weighted by molar-refractivity contribution is 6.31. The molecule has 1 aliphatic heterocycles. The smallest absolute Gasteiger partial charge is 0.225 e. The summed E-state index contributed by atoms with van der Waals surface area (Å²) < 4.78 is 0. The van der Waals surface area contributed by atoms with E-state index in [4.69, 9.17) is 11.6 Å². The first-order valence-corrected chi connectivity index (χ1v) is 10.4. The van der Waals surface area contributed by atoms with E-state index in [-0.39, 0.29) is 5.92 Å². The molecule has 1 N–H and O–H groups in total. The van der Waals surface area contributed by atoms with Crippen molar-refractivity contribution < 1.29 is 4.79 Å². The predicted octanol–water partition coefficient (Wildman–Crippen LogP) is 4.17. The van der Waals surface area contributed by atoms with Crippen LogP contribution in [-0.2, 0) is 4.79 Å². The first kappa shape index (κ1) is 19.5. The average Bonchev–Trinajstić information content (AvgIpc) is 2.65. The molecule has 1 saturated carbocycles. The van der Waals surface area contributed by atoms with E-state index in [0.717, 1.165) is 68.1 Å². The lowest BCUT2D eigenvalue weighted by molar-refractivity contribution is -0.138.